The maximum Gasteiger partial charge on any atom is 0.322 e. The van der Waals surface area contributed by atoms with Crippen molar-refractivity contribution in [1.29, 1.82) is 0 Å². The van der Waals surface area contributed by atoms with Crippen molar-refractivity contribution in [3.63, 3.8) is 0 Å². The van der Waals surface area contributed by atoms with Crippen LogP contribution in [-0.4, -0.2) is 50.4 Å². The number of amides is 2. The summed E-state index contributed by atoms with van der Waals surface area (Å²) in [6, 6.07) is 5.31. The van der Waals surface area contributed by atoms with Gasteiger partial charge in [-0.05, 0) is 31.9 Å². The molecule has 2 rings (SSSR count). The first-order valence-electron chi connectivity index (χ1n) is 8.62. The summed E-state index contributed by atoms with van der Waals surface area (Å²) in [5.41, 5.74) is 0.633. The SMILES string of the molecule is CCCCOc1ccc(OC)cc1NC(=O)N1CCCOC(C)C1. The molecule has 0 aliphatic carbocycles. The molecule has 0 aromatic heterocycles. The highest BCUT2D eigenvalue weighted by Crippen LogP contribution is 2.30. The third-order valence-corrected chi connectivity index (χ3v) is 3.92. The molecule has 1 fully saturated rings. The van der Waals surface area contributed by atoms with Crippen LogP contribution >= 0.6 is 0 Å². The smallest absolute Gasteiger partial charge is 0.322 e. The van der Waals surface area contributed by atoms with Crippen molar-refractivity contribution in [3.8, 4) is 11.5 Å². The van der Waals surface area contributed by atoms with Crippen LogP contribution < -0.4 is 14.8 Å². The molecule has 0 radical (unpaired) electrons. The summed E-state index contributed by atoms with van der Waals surface area (Å²) in [6.07, 6.45) is 2.92. The minimum Gasteiger partial charge on any atom is -0.497 e. The van der Waals surface area contributed by atoms with Crippen LogP contribution in [0.3, 0.4) is 0 Å². The number of carbonyl (C=O) groups is 1. The Bertz CT molecular complexity index is 536. The number of nitrogens with one attached hydrogen (secondary N) is 1. The second kappa shape index (κ2) is 9.37. The lowest BCUT2D eigenvalue weighted by molar-refractivity contribution is 0.0718. The lowest BCUT2D eigenvalue weighted by atomic mass is 10.2. The molecule has 1 aromatic carbocycles. The topological polar surface area (TPSA) is 60.0 Å². The van der Waals surface area contributed by atoms with Gasteiger partial charge in [-0.25, -0.2) is 4.79 Å². The predicted molar refractivity (Wildman–Crippen MR) is 94.0 cm³/mol. The van der Waals surface area contributed by atoms with Crippen molar-refractivity contribution in [2.45, 2.75) is 39.2 Å². The first-order valence-corrected chi connectivity index (χ1v) is 8.62. The minimum absolute atomic E-state index is 0.0452. The maximum absolute atomic E-state index is 12.6. The van der Waals surface area contributed by atoms with Gasteiger partial charge in [0.05, 0.1) is 25.5 Å². The highest BCUT2D eigenvalue weighted by atomic mass is 16.5. The highest BCUT2D eigenvalue weighted by Gasteiger charge is 2.21. The molecule has 1 aliphatic heterocycles. The van der Waals surface area contributed by atoms with E-state index >= 15 is 0 Å². The average molecular weight is 336 g/mol. The molecule has 2 amide bonds. The summed E-state index contributed by atoms with van der Waals surface area (Å²) in [6.45, 7) is 6.68. The van der Waals surface area contributed by atoms with Crippen LogP contribution in [0.25, 0.3) is 0 Å². The van der Waals surface area contributed by atoms with Crippen molar-refractivity contribution in [1.82, 2.24) is 4.90 Å². The van der Waals surface area contributed by atoms with Gasteiger partial charge in [0.1, 0.15) is 11.5 Å². The summed E-state index contributed by atoms with van der Waals surface area (Å²) in [5, 5.41) is 2.96. The molecule has 24 heavy (non-hydrogen) atoms. The molecule has 134 valence electrons. The van der Waals surface area contributed by atoms with Crippen LogP contribution in [0.15, 0.2) is 18.2 Å². The van der Waals surface area contributed by atoms with Crippen LogP contribution in [0.2, 0.25) is 0 Å². The number of rotatable bonds is 6. The van der Waals surface area contributed by atoms with Crippen molar-refractivity contribution in [3.05, 3.63) is 18.2 Å². The van der Waals surface area contributed by atoms with Gasteiger partial charge in [0, 0.05) is 25.8 Å². The Balaban J connectivity index is 2.08. The Labute approximate surface area is 144 Å². The number of hydrogen-bond donors (Lipinski definition) is 1. The van der Waals surface area contributed by atoms with Gasteiger partial charge in [0.2, 0.25) is 0 Å². The maximum atomic E-state index is 12.6. The average Bonchev–Trinajstić information content (AvgIpc) is 2.81. The second-order valence-electron chi connectivity index (χ2n) is 5.98. The van der Waals surface area contributed by atoms with Crippen LogP contribution in [0.1, 0.15) is 33.1 Å². The molecule has 0 spiro atoms. The van der Waals surface area contributed by atoms with E-state index in [4.69, 9.17) is 14.2 Å². The number of urea groups is 1. The fourth-order valence-corrected chi connectivity index (χ4v) is 2.56. The molecule has 6 heteroatoms. The monoisotopic (exact) mass is 336 g/mol. The molecule has 1 unspecified atom stereocenters. The molecule has 1 N–H and O–H groups in total. The second-order valence-corrected chi connectivity index (χ2v) is 5.98. The van der Waals surface area contributed by atoms with E-state index in [1.54, 1.807) is 18.1 Å². The van der Waals surface area contributed by atoms with Crippen molar-refractivity contribution in [2.24, 2.45) is 0 Å². The molecule has 0 bridgehead atoms. The van der Waals surface area contributed by atoms with Crippen LogP contribution in [-0.2, 0) is 4.74 Å². The summed E-state index contributed by atoms with van der Waals surface area (Å²) in [5.74, 6) is 1.34. The summed E-state index contributed by atoms with van der Waals surface area (Å²) in [4.78, 5) is 14.4. The zero-order chi connectivity index (χ0) is 17.4. The normalized spacial score (nSPS) is 18.0. The first kappa shape index (κ1) is 18.4. The number of unbranched alkanes of at least 4 members (excludes halogenated alkanes) is 1. The van der Waals surface area contributed by atoms with Gasteiger partial charge in [0.15, 0.2) is 0 Å². The van der Waals surface area contributed by atoms with E-state index in [-0.39, 0.29) is 12.1 Å². The Hall–Kier alpha value is -1.95. The number of ether oxygens (including phenoxy) is 3. The quantitative estimate of drug-likeness (QED) is 0.808. The molecule has 0 saturated carbocycles. The summed E-state index contributed by atoms with van der Waals surface area (Å²) in [7, 11) is 1.60. The zero-order valence-electron chi connectivity index (χ0n) is 14.8. The lowest BCUT2D eigenvalue weighted by Crippen LogP contribution is -2.39. The number of anilines is 1. The van der Waals surface area contributed by atoms with Gasteiger partial charge < -0.3 is 24.4 Å². The van der Waals surface area contributed by atoms with E-state index in [1.807, 2.05) is 19.1 Å². The lowest BCUT2D eigenvalue weighted by Gasteiger charge is -2.23. The first-order chi connectivity index (χ1) is 11.6. The van der Waals surface area contributed by atoms with Gasteiger partial charge in [-0.3, -0.25) is 0 Å². The van der Waals surface area contributed by atoms with E-state index < -0.39 is 0 Å². The predicted octanol–water partition coefficient (Wildman–Crippen LogP) is 3.52. The number of carbonyl (C=O) groups excluding carboxylic acids is 1. The molecular weight excluding hydrogens is 308 g/mol. The van der Waals surface area contributed by atoms with E-state index in [0.717, 1.165) is 19.3 Å². The van der Waals surface area contributed by atoms with Crippen LogP contribution in [0.5, 0.6) is 11.5 Å². The van der Waals surface area contributed by atoms with Crippen molar-refractivity contribution < 1.29 is 19.0 Å². The molecular formula is C18H28N2O4. The van der Waals surface area contributed by atoms with Crippen LogP contribution in [0, 0.1) is 0 Å². The summed E-state index contributed by atoms with van der Waals surface area (Å²) >= 11 is 0. The highest BCUT2D eigenvalue weighted by molar-refractivity contribution is 5.91. The van der Waals surface area contributed by atoms with Gasteiger partial charge in [-0.15, -0.1) is 0 Å². The molecule has 1 aliphatic rings. The Morgan fingerprint density at radius 3 is 3.04 bits per heavy atom. The fourth-order valence-electron chi connectivity index (χ4n) is 2.56. The van der Waals surface area contributed by atoms with E-state index in [0.29, 0.717) is 43.5 Å². The molecule has 1 saturated heterocycles. The van der Waals surface area contributed by atoms with Crippen molar-refractivity contribution in [2.75, 3.05) is 38.7 Å². The van der Waals surface area contributed by atoms with Gasteiger partial charge >= 0.3 is 6.03 Å². The van der Waals surface area contributed by atoms with Gasteiger partial charge in [-0.1, -0.05) is 13.3 Å². The number of methoxy groups -OCH3 is 1. The number of nitrogens with zero attached hydrogens (tertiary/aromatic N) is 1. The molecule has 1 heterocycles. The van der Waals surface area contributed by atoms with E-state index in [2.05, 4.69) is 12.2 Å². The molecule has 1 atom stereocenters. The Morgan fingerprint density at radius 2 is 2.29 bits per heavy atom. The third kappa shape index (κ3) is 5.30. The largest absolute Gasteiger partial charge is 0.497 e. The zero-order valence-corrected chi connectivity index (χ0v) is 14.8. The van der Waals surface area contributed by atoms with Crippen LogP contribution in [0.4, 0.5) is 10.5 Å². The number of benzene rings is 1. The fraction of sp³-hybridized carbons (Fsp3) is 0.611. The molecule has 1 aromatic rings. The number of hydrogen-bond acceptors (Lipinski definition) is 4. The van der Waals surface area contributed by atoms with Crippen molar-refractivity contribution >= 4 is 11.7 Å². The van der Waals surface area contributed by atoms with Gasteiger partial charge in [-0.2, -0.15) is 0 Å². The van der Waals surface area contributed by atoms with E-state index in [1.165, 1.54) is 0 Å². The Morgan fingerprint density at radius 1 is 1.46 bits per heavy atom. The summed E-state index contributed by atoms with van der Waals surface area (Å²) < 4.78 is 16.6. The Kier molecular flexibility index (Phi) is 7.18. The van der Waals surface area contributed by atoms with E-state index in [9.17, 15) is 4.79 Å². The molecule has 6 nitrogen and oxygen atoms in total. The minimum atomic E-state index is -0.138. The van der Waals surface area contributed by atoms with Gasteiger partial charge in [0.25, 0.3) is 0 Å². The third-order valence-electron chi connectivity index (χ3n) is 3.92. The standard InChI is InChI=1S/C18H28N2O4/c1-4-5-10-24-17-8-7-15(22-3)12-16(17)19-18(21)20-9-6-11-23-14(2)13-20/h7-8,12,14H,4-6,9-11,13H2,1-3H3,(H,19,21).